The molecule has 18 nitrogen and oxygen atoms in total. The molecule has 1 N–H and O–H groups in total. The number of methoxy groups -OCH3 is 5. The summed E-state index contributed by atoms with van der Waals surface area (Å²) in [5, 5.41) is 34.4. The normalized spacial score (nSPS) is 10.1. The van der Waals surface area contributed by atoms with Crippen LogP contribution >= 0.6 is 0 Å². The molecule has 1 heterocycles. The van der Waals surface area contributed by atoms with Gasteiger partial charge in [-0.05, 0) is 56.8 Å². The minimum atomic E-state index is -1.40. The van der Waals surface area contributed by atoms with Crippen LogP contribution in [0, 0.1) is 28.6 Å². The molecule has 0 aliphatic carbocycles. The predicted octanol–water partition coefficient (Wildman–Crippen LogP) is 1.23. The van der Waals surface area contributed by atoms with Crippen LogP contribution in [-0.4, -0.2) is 83.7 Å². The molecule has 2 aromatic carbocycles. The van der Waals surface area contributed by atoms with Crippen LogP contribution in [-0.2, 0) is 39.8 Å². The molecule has 0 aliphatic heterocycles. The minimum Gasteiger partial charge on any atom is -0.549 e. The third-order valence-corrected chi connectivity index (χ3v) is 6.68. The van der Waals surface area contributed by atoms with Gasteiger partial charge >= 0.3 is 80.9 Å². The number of carboxylic acids is 2. The van der Waals surface area contributed by atoms with Crippen molar-refractivity contribution >= 4 is 40.6 Å². The number of fused-ring (bicyclic) bond motifs is 1. The molecule has 2 atom stereocenters. The van der Waals surface area contributed by atoms with Crippen molar-refractivity contribution in [3.05, 3.63) is 57.6 Å². The maximum atomic E-state index is 12.2. The Morgan fingerprint density at radius 3 is 1.71 bits per heavy atom. The maximum Gasteiger partial charge on any atom is 1.00 e. The number of carbonyl (C=O) groups is 5. The largest absolute Gasteiger partial charge is 1.00 e. The fourth-order valence-electron chi connectivity index (χ4n) is 4.08. The van der Waals surface area contributed by atoms with Crippen LogP contribution in [0.15, 0.2) is 39.5 Å². The second kappa shape index (κ2) is 32.9. The zero-order valence-corrected chi connectivity index (χ0v) is 38.3. The van der Waals surface area contributed by atoms with Crippen LogP contribution in [0.3, 0.4) is 0 Å². The number of hydrogen-bond acceptors (Lipinski definition) is 17. The van der Waals surface area contributed by atoms with Crippen LogP contribution in [0.4, 0.5) is 0 Å². The molecule has 1 aromatic heterocycles. The summed E-state index contributed by atoms with van der Waals surface area (Å²) in [4.78, 5) is 67.0. The van der Waals surface area contributed by atoms with E-state index in [1.165, 1.54) is 75.9 Å². The number of esters is 3. The monoisotopic (exact) mass is 843 g/mol. The van der Waals surface area contributed by atoms with Gasteiger partial charge in [0.1, 0.15) is 45.6 Å². The smallest absolute Gasteiger partial charge is 0.549 e. The summed E-state index contributed by atoms with van der Waals surface area (Å²) in [6.07, 6.45) is -0.321. The van der Waals surface area contributed by atoms with Gasteiger partial charge in [0.05, 0.1) is 79.2 Å². The maximum absolute atomic E-state index is 12.2. The van der Waals surface area contributed by atoms with Gasteiger partial charge in [0.15, 0.2) is 0 Å². The summed E-state index contributed by atoms with van der Waals surface area (Å²) in [6, 6.07) is 11.4. The Kier molecular flexibility index (Phi) is 32.4. The average Bonchev–Trinajstić information content (AvgIpc) is 3.20. The summed E-state index contributed by atoms with van der Waals surface area (Å²) in [6.45, 7) is 9.50. The number of nitriles is 2. The Morgan fingerprint density at radius 2 is 1.29 bits per heavy atom. The Morgan fingerprint density at radius 1 is 0.828 bits per heavy atom. The first kappa shape index (κ1) is 57.1. The van der Waals surface area contributed by atoms with E-state index >= 15 is 0 Å². The topological polar surface area (TPSA) is 271 Å². The number of benzene rings is 2. The fourth-order valence-corrected chi connectivity index (χ4v) is 4.08. The molecular weight excluding hydrogens is 792 g/mol. The van der Waals surface area contributed by atoms with Gasteiger partial charge in [0.25, 0.3) is 0 Å². The van der Waals surface area contributed by atoms with Crippen molar-refractivity contribution < 1.29 is 125 Å². The van der Waals surface area contributed by atoms with Gasteiger partial charge in [0, 0.05) is 27.4 Å². The van der Waals surface area contributed by atoms with E-state index in [4.69, 9.17) is 45.1 Å². The molecule has 58 heavy (non-hydrogen) atoms. The molecule has 19 heteroatoms. The molecule has 0 fully saturated rings. The Hall–Kier alpha value is -5.18. The first-order chi connectivity index (χ1) is 27.5. The zero-order valence-electron chi connectivity index (χ0n) is 36.1. The first-order valence-electron chi connectivity index (χ1n) is 17.4. The van der Waals surface area contributed by atoms with E-state index in [9.17, 15) is 33.9 Å². The van der Waals surface area contributed by atoms with Gasteiger partial charge < -0.3 is 52.6 Å². The Bertz CT molecular complexity index is 1910. The van der Waals surface area contributed by atoms with E-state index in [2.05, 4.69) is 9.47 Å². The number of hydrogen-bond donors (Lipinski definition) is 1. The number of rotatable bonds is 13. The SMILES string of the molecule is CC#N.CC#N.CCOC(=O)C(C)C(=O)[O-].CCOC(=O)C(C)c1cc2cc(OC)cc(OC)c2c(=O)o1.COC(=O)c1c(CC(=O)O)cc(OC)cc1OC.[2H]C.[K+]. The van der Waals surface area contributed by atoms with Crippen molar-refractivity contribution in [3.8, 4) is 35.1 Å². The third-order valence-electron chi connectivity index (χ3n) is 6.68. The molecule has 0 radical (unpaired) electrons. The van der Waals surface area contributed by atoms with Gasteiger partial charge in [-0.2, -0.15) is 10.5 Å². The van der Waals surface area contributed by atoms with Gasteiger partial charge in [-0.1, -0.05) is 7.40 Å². The van der Waals surface area contributed by atoms with Crippen molar-refractivity contribution in [1.82, 2.24) is 0 Å². The molecule has 3 rings (SSSR count). The average molecular weight is 844 g/mol. The molecule has 0 saturated heterocycles. The van der Waals surface area contributed by atoms with E-state index in [1.807, 2.05) is 0 Å². The summed E-state index contributed by atoms with van der Waals surface area (Å²) in [5.41, 5.74) is -0.183. The van der Waals surface area contributed by atoms with Gasteiger partial charge in [-0.15, -0.1) is 0 Å². The van der Waals surface area contributed by atoms with Crippen molar-refractivity contribution in [3.63, 3.8) is 0 Å². The van der Waals surface area contributed by atoms with Crippen LogP contribution in [0.25, 0.3) is 10.8 Å². The second-order valence-corrected chi connectivity index (χ2v) is 10.4. The standard InChI is InChI=1S/C16H18O6.C12H14O6.C6H10O4.2C2H3N.CH4.K/c1-5-21-15(17)9(2)12-7-10-6-11(19-3)8-13(20-4)14(10)16(18)22-12;1-16-8-4-7(5-10(13)14)11(12(15)18-3)9(6-8)17-2;1-3-10-6(9)4(2)5(7)8;2*1-2-3;;/h6-9H,5H2,1-4H3;4,6H,5H2,1-3H3,(H,13,14);4H,3H2,1-2H3,(H,7,8);2*1H3;1H4;/q;;;;;;+1/p-1/i;;;;;1D;. The summed E-state index contributed by atoms with van der Waals surface area (Å²) >= 11 is 0. The molecule has 0 saturated carbocycles. The van der Waals surface area contributed by atoms with Crippen LogP contribution in [0.2, 0.25) is 0 Å². The number of ether oxygens (including phenoxy) is 7. The predicted molar refractivity (Wildman–Crippen MR) is 203 cm³/mol. The first-order valence-corrected chi connectivity index (χ1v) is 16.4. The molecule has 3 aromatic rings. The zero-order chi connectivity index (χ0) is 45.5. The van der Waals surface area contributed by atoms with E-state index in [1.54, 1.807) is 51.1 Å². The van der Waals surface area contributed by atoms with Crippen molar-refractivity contribution in [2.75, 3.05) is 48.8 Å². The van der Waals surface area contributed by atoms with Gasteiger partial charge in [0.2, 0.25) is 0 Å². The fraction of sp³-hybridized carbons (Fsp3) is 0.436. The quantitative estimate of drug-likeness (QED) is 0.110. The number of carbonyl (C=O) groups excluding carboxylic acids is 4. The van der Waals surface area contributed by atoms with Crippen molar-refractivity contribution in [2.24, 2.45) is 5.92 Å². The van der Waals surface area contributed by atoms with E-state index < -0.39 is 47.3 Å². The molecule has 2 unspecified atom stereocenters. The number of carboxylic acid groups (broad SMARTS) is 2. The molecule has 0 aliphatic rings. The Labute approximate surface area is 381 Å². The minimum absolute atomic E-state index is 0. The summed E-state index contributed by atoms with van der Waals surface area (Å²) < 4.78 is 45.5. The molecule has 0 spiro atoms. The second-order valence-electron chi connectivity index (χ2n) is 10.4. The summed E-state index contributed by atoms with van der Waals surface area (Å²) in [7, 11) is 8.27. The van der Waals surface area contributed by atoms with Crippen LogP contribution in [0.5, 0.6) is 23.0 Å². The van der Waals surface area contributed by atoms with Crippen molar-refractivity contribution in [2.45, 2.75) is 61.3 Å². The van der Waals surface area contributed by atoms with Crippen LogP contribution < -0.4 is 81.1 Å². The van der Waals surface area contributed by atoms with Gasteiger partial charge in [-0.25, -0.2) is 9.59 Å². The molecule has 314 valence electrons. The number of nitrogens with zero attached hydrogens (tertiary/aromatic N) is 2. The third kappa shape index (κ3) is 20.3. The van der Waals surface area contributed by atoms with E-state index in [0.717, 1.165) is 0 Å². The Balaban J connectivity index is -0.000000367. The molecule has 0 amide bonds. The van der Waals surface area contributed by atoms with E-state index in [-0.39, 0.29) is 93.7 Å². The van der Waals surface area contributed by atoms with Gasteiger partial charge in [-0.3, -0.25) is 14.4 Å². The molecular formula is C39H51KN2O16. The van der Waals surface area contributed by atoms with E-state index in [0.29, 0.717) is 28.0 Å². The van der Waals surface area contributed by atoms with Crippen molar-refractivity contribution in [1.29, 1.82) is 10.5 Å². The number of aliphatic carboxylic acids is 2. The van der Waals surface area contributed by atoms with Crippen LogP contribution in [0.1, 0.15) is 77.9 Å². The summed E-state index contributed by atoms with van der Waals surface area (Å²) in [5.74, 6) is -4.36. The molecule has 0 bridgehead atoms.